The molecule has 0 aromatic carbocycles. The lowest BCUT2D eigenvalue weighted by Gasteiger charge is -2.72. The predicted octanol–water partition coefficient (Wildman–Crippen LogP) is 8.32. The molecule has 6 heteroatoms. The Kier molecular flexibility index (Phi) is 9.31. The third-order valence-corrected chi connectivity index (χ3v) is 15.9. The number of ether oxygens (including phenoxy) is 2. The molecule has 0 spiro atoms. The lowest BCUT2D eigenvalue weighted by Crippen LogP contribution is -2.66. The van der Waals surface area contributed by atoms with Crippen molar-refractivity contribution in [1.82, 2.24) is 0 Å². The van der Waals surface area contributed by atoms with Crippen LogP contribution >= 0.6 is 0 Å². The van der Waals surface area contributed by atoms with E-state index in [1.165, 1.54) is 5.57 Å². The predicted molar refractivity (Wildman–Crippen MR) is 183 cm³/mol. The van der Waals surface area contributed by atoms with E-state index in [0.29, 0.717) is 31.3 Å². The SMILES string of the molecule is CC[N+](CC)(CC)CCOC(=O)C12CCC3(C)C(CCC4C5(C)CCC(OC(C)=O)C(C)(C)C5CCC43C)C1=C(C(C)C)C(=O)C2. The number of allylic oxidation sites excluding steroid dienone is 1. The number of esters is 2. The van der Waals surface area contributed by atoms with Gasteiger partial charge in [-0.3, -0.25) is 14.4 Å². The summed E-state index contributed by atoms with van der Waals surface area (Å²) in [5, 5.41) is 0. The number of Topliss-reactive ketones (excluding diaryl/α,β-unsaturated/α-hetero) is 1. The third-order valence-electron chi connectivity index (χ3n) is 15.9. The number of carbonyl (C=O) groups excluding carboxylic acids is 3. The lowest BCUT2D eigenvalue weighted by molar-refractivity contribution is -0.923. The summed E-state index contributed by atoms with van der Waals surface area (Å²) in [7, 11) is 0. The molecule has 0 saturated heterocycles. The quantitative estimate of drug-likeness (QED) is 0.187. The molecule has 4 saturated carbocycles. The molecule has 4 fully saturated rings. The summed E-state index contributed by atoms with van der Waals surface area (Å²) in [6.45, 7) is 29.2. The Bertz CT molecular complexity index is 1250. The molecule has 0 aromatic rings. The summed E-state index contributed by atoms with van der Waals surface area (Å²) in [6.07, 6.45) is 8.37. The minimum atomic E-state index is -0.796. The van der Waals surface area contributed by atoms with Gasteiger partial charge in [-0.1, -0.05) is 48.5 Å². The summed E-state index contributed by atoms with van der Waals surface area (Å²) in [5.41, 5.74) is 1.52. The highest BCUT2D eigenvalue weighted by Crippen LogP contribution is 2.76. The molecule has 0 N–H and O–H groups in total. The first-order valence-electron chi connectivity index (χ1n) is 18.9. The number of hydrogen-bond donors (Lipinski definition) is 0. The van der Waals surface area contributed by atoms with Crippen molar-refractivity contribution in [2.75, 3.05) is 32.8 Å². The number of rotatable bonds is 9. The second-order valence-electron chi connectivity index (χ2n) is 17.9. The molecule has 0 radical (unpaired) electrons. The molecule has 8 unspecified atom stereocenters. The van der Waals surface area contributed by atoms with Gasteiger partial charge in [0.1, 0.15) is 19.3 Å². The van der Waals surface area contributed by atoms with Crippen LogP contribution in [0.5, 0.6) is 0 Å². The maximum Gasteiger partial charge on any atom is 0.316 e. The molecule has 5 rings (SSSR count). The van der Waals surface area contributed by atoms with Gasteiger partial charge in [-0.2, -0.15) is 0 Å². The van der Waals surface area contributed by atoms with E-state index in [1.807, 2.05) is 0 Å². The molecule has 5 aliphatic rings. The first kappa shape index (κ1) is 35.6. The fraction of sp³-hybridized carbons (Fsp3) is 0.875. The highest BCUT2D eigenvalue weighted by molar-refractivity contribution is 6.06. The van der Waals surface area contributed by atoms with Gasteiger partial charge in [0, 0.05) is 18.8 Å². The van der Waals surface area contributed by atoms with Crippen LogP contribution in [0.3, 0.4) is 0 Å². The van der Waals surface area contributed by atoms with E-state index in [-0.39, 0.29) is 57.3 Å². The molecule has 0 aliphatic heterocycles. The fourth-order valence-electron chi connectivity index (χ4n) is 12.9. The monoisotopic (exact) mass is 640 g/mol. The van der Waals surface area contributed by atoms with Crippen molar-refractivity contribution < 1.29 is 28.3 Å². The Hall–Kier alpha value is -1.69. The molecular weight excluding hydrogens is 574 g/mol. The average molecular weight is 641 g/mol. The molecule has 0 amide bonds. The molecule has 5 aliphatic carbocycles. The van der Waals surface area contributed by atoms with Gasteiger partial charge in [-0.25, -0.2) is 0 Å². The lowest BCUT2D eigenvalue weighted by atomic mass is 9.33. The van der Waals surface area contributed by atoms with E-state index in [2.05, 4.69) is 69.2 Å². The summed E-state index contributed by atoms with van der Waals surface area (Å²) in [5.74, 6) is 1.25. The van der Waals surface area contributed by atoms with Crippen LogP contribution in [0.25, 0.3) is 0 Å². The fourth-order valence-corrected chi connectivity index (χ4v) is 12.9. The van der Waals surface area contributed by atoms with E-state index >= 15 is 0 Å². The Morgan fingerprint density at radius 3 is 2.09 bits per heavy atom. The summed E-state index contributed by atoms with van der Waals surface area (Å²) < 4.78 is 13.1. The van der Waals surface area contributed by atoms with Crippen LogP contribution in [-0.2, 0) is 23.9 Å². The molecule has 0 heterocycles. The second kappa shape index (κ2) is 12.0. The maximum atomic E-state index is 14.4. The topological polar surface area (TPSA) is 69.7 Å². The zero-order chi connectivity index (χ0) is 34.1. The van der Waals surface area contributed by atoms with Crippen LogP contribution in [0.4, 0.5) is 0 Å². The van der Waals surface area contributed by atoms with Gasteiger partial charge >= 0.3 is 11.9 Å². The van der Waals surface area contributed by atoms with E-state index in [1.54, 1.807) is 6.92 Å². The molecule has 0 bridgehead atoms. The highest BCUT2D eigenvalue weighted by Gasteiger charge is 2.71. The van der Waals surface area contributed by atoms with Gasteiger partial charge in [0.2, 0.25) is 0 Å². The zero-order valence-corrected chi connectivity index (χ0v) is 31.3. The number of likely N-dealkylation sites (N-methyl/N-ethyl adjacent to an activating group) is 1. The second-order valence-corrected chi connectivity index (χ2v) is 17.9. The number of nitrogens with zero attached hydrogens (tertiary/aromatic N) is 1. The smallest absolute Gasteiger partial charge is 0.316 e. The molecule has 260 valence electrons. The summed E-state index contributed by atoms with van der Waals surface area (Å²) in [4.78, 5) is 40.3. The van der Waals surface area contributed by atoms with Crippen LogP contribution in [0.1, 0.15) is 134 Å². The molecule has 0 aromatic heterocycles. The van der Waals surface area contributed by atoms with E-state index in [0.717, 1.165) is 81.2 Å². The van der Waals surface area contributed by atoms with E-state index in [9.17, 15) is 14.4 Å². The number of ketones is 1. The zero-order valence-electron chi connectivity index (χ0n) is 31.3. The number of carbonyl (C=O) groups is 3. The molecular formula is C40H66NO5+. The molecule has 6 nitrogen and oxygen atoms in total. The Balaban J connectivity index is 1.48. The van der Waals surface area contributed by atoms with Crippen molar-refractivity contribution in [1.29, 1.82) is 0 Å². The van der Waals surface area contributed by atoms with Crippen LogP contribution in [-0.4, -0.2) is 61.1 Å². The van der Waals surface area contributed by atoms with E-state index < -0.39 is 5.41 Å². The largest absolute Gasteiger partial charge is 0.462 e. The van der Waals surface area contributed by atoms with Crippen LogP contribution in [0.15, 0.2) is 11.1 Å². The Morgan fingerprint density at radius 2 is 1.50 bits per heavy atom. The van der Waals surface area contributed by atoms with E-state index in [4.69, 9.17) is 9.47 Å². The number of fused-ring (bicyclic) bond motifs is 7. The van der Waals surface area contributed by atoms with Crippen molar-refractivity contribution in [3.05, 3.63) is 11.1 Å². The van der Waals surface area contributed by atoms with Crippen molar-refractivity contribution in [2.45, 2.75) is 140 Å². The van der Waals surface area contributed by atoms with Crippen molar-refractivity contribution in [3.8, 4) is 0 Å². The normalized spacial score (nSPS) is 40.1. The van der Waals surface area contributed by atoms with Crippen LogP contribution in [0.2, 0.25) is 0 Å². The minimum Gasteiger partial charge on any atom is -0.462 e. The summed E-state index contributed by atoms with van der Waals surface area (Å²) >= 11 is 0. The molecule has 46 heavy (non-hydrogen) atoms. The first-order valence-corrected chi connectivity index (χ1v) is 18.9. The van der Waals surface area contributed by atoms with Gasteiger partial charge in [0.25, 0.3) is 0 Å². The highest BCUT2D eigenvalue weighted by atomic mass is 16.5. The van der Waals surface area contributed by atoms with Crippen molar-refractivity contribution in [3.63, 3.8) is 0 Å². The van der Waals surface area contributed by atoms with Gasteiger partial charge in [-0.05, 0) is 123 Å². The van der Waals surface area contributed by atoms with Gasteiger partial charge in [0.05, 0.1) is 25.0 Å². The number of quaternary nitrogens is 1. The van der Waals surface area contributed by atoms with Crippen molar-refractivity contribution >= 4 is 17.7 Å². The standard InChI is InChI=1S/C40H66NO5/c1-12-41(13-2,14-3)23-24-45-35(44)40-22-21-38(10)28(34(40)33(26(4)5)29(43)25-40)15-16-31-37(9)19-18-32(46-27(6)42)36(7,8)30(37)17-20-39(31,38)11/h26,28,30-32H,12-25H2,1-11H3/q+1. The van der Waals surface area contributed by atoms with Gasteiger partial charge < -0.3 is 14.0 Å². The molecule has 8 atom stereocenters. The Labute approximate surface area is 280 Å². The number of hydrogen-bond acceptors (Lipinski definition) is 5. The third kappa shape index (κ3) is 4.99. The van der Waals surface area contributed by atoms with Gasteiger partial charge in [0.15, 0.2) is 5.78 Å². The van der Waals surface area contributed by atoms with Gasteiger partial charge in [-0.15, -0.1) is 0 Å². The van der Waals surface area contributed by atoms with Crippen LogP contribution < -0.4 is 0 Å². The Morgan fingerprint density at radius 1 is 0.848 bits per heavy atom. The minimum absolute atomic E-state index is 0.00329. The maximum absolute atomic E-state index is 14.4. The van der Waals surface area contributed by atoms with Crippen molar-refractivity contribution in [2.24, 2.45) is 50.7 Å². The average Bonchev–Trinajstić information content (AvgIpc) is 3.30. The first-order chi connectivity index (χ1) is 21.4. The van der Waals surface area contributed by atoms with Crippen LogP contribution in [0, 0.1) is 50.7 Å². The summed E-state index contributed by atoms with van der Waals surface area (Å²) in [6, 6.07) is 0.